The quantitative estimate of drug-likeness (QED) is 0.0224. The minimum absolute atomic E-state index is 0.0226. The maximum atomic E-state index is 15.2. The van der Waals surface area contributed by atoms with Crippen molar-refractivity contribution in [2.45, 2.75) is 87.5 Å². The van der Waals surface area contributed by atoms with Crippen molar-refractivity contribution in [1.82, 2.24) is 4.90 Å². The molecule has 4 aromatic carbocycles. The van der Waals surface area contributed by atoms with Gasteiger partial charge in [-0.3, -0.25) is 14.9 Å². The van der Waals surface area contributed by atoms with E-state index < -0.39 is 22.7 Å². The second-order valence-corrected chi connectivity index (χ2v) is 18.7. The summed E-state index contributed by atoms with van der Waals surface area (Å²) in [7, 11) is 0. The molecule has 68 heavy (non-hydrogen) atoms. The molecule has 4 aromatic rings. The van der Waals surface area contributed by atoms with E-state index in [4.69, 9.17) is 33.7 Å². The number of nitro benzene ring substituents is 1. The number of amides is 1. The zero-order valence-corrected chi connectivity index (χ0v) is 39.4. The third-order valence-electron chi connectivity index (χ3n) is 13.3. The molecule has 2 aliphatic carbocycles. The molecule has 0 spiro atoms. The van der Waals surface area contributed by atoms with Crippen LogP contribution in [0.5, 0.6) is 23.0 Å². The molecule has 8 rings (SSSR count). The van der Waals surface area contributed by atoms with E-state index in [2.05, 4.69) is 30.9 Å². The van der Waals surface area contributed by atoms with Crippen LogP contribution in [0.1, 0.15) is 85.7 Å². The van der Waals surface area contributed by atoms with Crippen LogP contribution in [0.15, 0.2) is 125 Å². The van der Waals surface area contributed by atoms with Crippen LogP contribution in [0, 0.1) is 27.9 Å². The van der Waals surface area contributed by atoms with Crippen molar-refractivity contribution >= 4 is 29.1 Å². The summed E-state index contributed by atoms with van der Waals surface area (Å²) in [4.78, 5) is 35.4. The first kappa shape index (κ1) is 48.6. The number of thioether (sulfide) groups is 1. The normalized spacial score (nSPS) is 22.6. The summed E-state index contributed by atoms with van der Waals surface area (Å²) in [6, 6.07) is 26.9. The van der Waals surface area contributed by atoms with Crippen LogP contribution in [-0.2, 0) is 16.2 Å². The highest BCUT2D eigenvalue weighted by Crippen LogP contribution is 2.62. The Kier molecular flexibility index (Phi) is 16.4. The lowest BCUT2D eigenvalue weighted by molar-refractivity contribution is -0.384. The number of nitrogens with zero attached hydrogens (tertiary/aromatic N) is 3. The molecule has 0 unspecified atom stereocenters. The molecule has 360 valence electrons. The molecule has 15 heteroatoms. The Balaban J connectivity index is 1.27. The molecule has 0 radical (unpaired) electrons. The van der Waals surface area contributed by atoms with E-state index in [0.29, 0.717) is 72.3 Å². The molecule has 0 bridgehead atoms. The van der Waals surface area contributed by atoms with Crippen molar-refractivity contribution in [2.75, 3.05) is 45.5 Å². The van der Waals surface area contributed by atoms with Crippen LogP contribution in [0.3, 0.4) is 0 Å². The lowest BCUT2D eigenvalue weighted by Gasteiger charge is -2.60. The highest BCUT2D eigenvalue weighted by molar-refractivity contribution is 7.99. The zero-order valence-electron chi connectivity index (χ0n) is 38.5. The van der Waals surface area contributed by atoms with Crippen molar-refractivity contribution in [3.8, 4) is 23.0 Å². The lowest BCUT2D eigenvalue weighted by atomic mass is 9.55. The fraction of sp³-hybridized carbons (Fsp3) is 0.434. The number of fused-ring (bicyclic) bond motifs is 3. The Labute approximate surface area is 402 Å². The second kappa shape index (κ2) is 23.0. The first-order valence-electron chi connectivity index (χ1n) is 23.7. The maximum Gasteiger partial charge on any atom is 0.269 e. The van der Waals surface area contributed by atoms with Crippen LogP contribution in [-0.4, -0.2) is 89.0 Å². The molecule has 1 fully saturated rings. The molecule has 0 aromatic heterocycles. The van der Waals surface area contributed by atoms with Crippen LogP contribution in [0.2, 0.25) is 0 Å². The number of hydrogen-bond donors (Lipinski definition) is 2. The molecule has 0 saturated heterocycles. The fourth-order valence-corrected chi connectivity index (χ4v) is 11.1. The highest BCUT2D eigenvalue weighted by Gasteiger charge is 2.65. The van der Waals surface area contributed by atoms with E-state index in [-0.39, 0.29) is 69.0 Å². The molecule has 4 aliphatic rings. The van der Waals surface area contributed by atoms with Gasteiger partial charge in [0.2, 0.25) is 12.6 Å². The topological polar surface area (TPSA) is 172 Å². The average molecular weight is 948 g/mol. The van der Waals surface area contributed by atoms with Crippen LogP contribution >= 0.6 is 11.8 Å². The van der Waals surface area contributed by atoms with Crippen LogP contribution < -0.4 is 18.9 Å². The first-order valence-corrected chi connectivity index (χ1v) is 24.7. The molecular formula is C53H61N3O11S. The van der Waals surface area contributed by atoms with Crippen molar-refractivity contribution < 1.29 is 48.5 Å². The van der Waals surface area contributed by atoms with Gasteiger partial charge in [-0.1, -0.05) is 55.3 Å². The predicted molar refractivity (Wildman–Crippen MR) is 259 cm³/mol. The summed E-state index contributed by atoms with van der Waals surface area (Å²) >= 11 is 1.73. The molecule has 14 nitrogen and oxygen atoms in total. The van der Waals surface area contributed by atoms with Crippen LogP contribution in [0.4, 0.5) is 5.69 Å². The largest absolute Gasteiger partial charge is 0.493 e. The minimum Gasteiger partial charge on any atom is -0.493 e. The second-order valence-electron chi connectivity index (χ2n) is 17.5. The number of ether oxygens (including phenoxy) is 5. The predicted octanol–water partition coefficient (Wildman–Crippen LogP) is 9.88. The Bertz CT molecular complexity index is 2430. The van der Waals surface area contributed by atoms with Gasteiger partial charge in [-0.05, 0) is 116 Å². The van der Waals surface area contributed by atoms with Gasteiger partial charge < -0.3 is 43.6 Å². The Morgan fingerprint density at radius 2 is 1.74 bits per heavy atom. The molecular weight excluding hydrogens is 887 g/mol. The molecule has 6 atom stereocenters. The Morgan fingerprint density at radius 1 is 0.971 bits per heavy atom. The number of hydrogen-bond acceptors (Lipinski definition) is 13. The number of aliphatic hydroxyl groups is 2. The van der Waals surface area contributed by atoms with Gasteiger partial charge in [0.25, 0.3) is 11.6 Å². The molecule has 1 saturated carbocycles. The number of rotatable bonds is 24. The van der Waals surface area contributed by atoms with E-state index >= 15 is 4.79 Å². The van der Waals surface area contributed by atoms with E-state index in [1.807, 2.05) is 42.2 Å². The number of oxime groups is 1. The monoisotopic (exact) mass is 947 g/mol. The zero-order chi connectivity index (χ0) is 47.5. The first-order chi connectivity index (χ1) is 33.3. The number of aliphatic hydroxyl groups excluding tert-OH is 2. The minimum atomic E-state index is -1.45. The molecule has 2 N–H and O–H groups in total. The smallest absolute Gasteiger partial charge is 0.269 e. The number of carbonyl (C=O) groups excluding carboxylic acids is 1. The number of non-ortho nitro benzene ring substituents is 1. The maximum absolute atomic E-state index is 15.2. The summed E-state index contributed by atoms with van der Waals surface area (Å²) in [5, 5.41) is 36.4. The summed E-state index contributed by atoms with van der Waals surface area (Å²) in [6.45, 7) is 7.32. The number of carbonyl (C=O) groups is 1. The number of nitro groups is 1. The van der Waals surface area contributed by atoms with Gasteiger partial charge in [-0.15, -0.1) is 18.3 Å². The highest BCUT2D eigenvalue weighted by atomic mass is 32.2. The van der Waals surface area contributed by atoms with Crippen molar-refractivity contribution in [3.63, 3.8) is 0 Å². The SMILES string of the molecule is C=CCO[C@@]12Oc3ccc(OCCSc4ccccc4)cc3[C@H]3[C@H](CCCCO)[C@@H](CCCCO)C=C(C(=NOCc4ccc([N+](=O)[O-])cc4)C[C@@H]1N(CCC)C(=O)c1ccc4c(c1)OCO4)[C@H]32. The average Bonchev–Trinajstić information content (AvgIpc) is 3.84. The number of unbranched alkanes of at least 4 members (excludes halogenated alkanes) is 2. The number of allylic oxidation sites excluding steroid dienone is 1. The standard InChI is InChI=1S/C53H61N3O11S/c1-3-24-55(52(59)38-18-22-47-48(31-38)64-35-63-47)49-33-45(54-66-34-36-16-19-39(20-17-36)56(60)61)43-30-37(12-8-10-25-57)42(15-9-11-26-58)50-44-32-40(62-28-29-68-41-13-6-5-7-14-41)21-23-46(44)67-53(49,51(43)50)65-27-4-2/h4-7,13-14,16-23,30-32,37,42,49-51,57-58H,2-3,8-12,15,24-29,33-35H2,1H3/t37-,42+,49-,50+,51+,53+/m0/s1. The Hall–Kier alpha value is -5.87. The molecule has 2 heterocycles. The van der Waals surface area contributed by atoms with Crippen molar-refractivity contribution in [2.24, 2.45) is 22.9 Å². The lowest BCUT2D eigenvalue weighted by Crippen LogP contribution is -2.70. The molecule has 2 aliphatic heterocycles. The van der Waals surface area contributed by atoms with Crippen LogP contribution in [0.25, 0.3) is 0 Å². The van der Waals surface area contributed by atoms with E-state index in [1.165, 1.54) is 17.0 Å². The van der Waals surface area contributed by atoms with E-state index in [9.17, 15) is 20.3 Å². The number of benzene rings is 4. The van der Waals surface area contributed by atoms with Crippen molar-refractivity contribution in [3.05, 3.63) is 142 Å². The van der Waals surface area contributed by atoms with Gasteiger partial charge in [0, 0.05) is 66.0 Å². The van der Waals surface area contributed by atoms with Gasteiger partial charge in [0.05, 0.1) is 29.8 Å². The van der Waals surface area contributed by atoms with Gasteiger partial charge >= 0.3 is 0 Å². The van der Waals surface area contributed by atoms with E-state index in [1.54, 1.807) is 48.2 Å². The fourth-order valence-electron chi connectivity index (χ4n) is 10.3. The summed E-state index contributed by atoms with van der Waals surface area (Å²) in [5.74, 6) is 0.762. The van der Waals surface area contributed by atoms with E-state index in [0.717, 1.165) is 42.6 Å². The van der Waals surface area contributed by atoms with Gasteiger partial charge in [0.15, 0.2) is 11.5 Å². The van der Waals surface area contributed by atoms with Gasteiger partial charge in [-0.2, -0.15) is 0 Å². The summed E-state index contributed by atoms with van der Waals surface area (Å²) in [6.07, 6.45) is 9.28. The Morgan fingerprint density at radius 3 is 2.49 bits per heavy atom. The van der Waals surface area contributed by atoms with Crippen molar-refractivity contribution in [1.29, 1.82) is 0 Å². The van der Waals surface area contributed by atoms with Gasteiger partial charge in [-0.25, -0.2) is 0 Å². The third kappa shape index (κ3) is 10.7. The molecule has 1 amide bonds. The summed E-state index contributed by atoms with van der Waals surface area (Å²) < 4.78 is 32.4. The van der Waals surface area contributed by atoms with Gasteiger partial charge in [0.1, 0.15) is 24.1 Å². The summed E-state index contributed by atoms with van der Waals surface area (Å²) in [5.41, 5.74) is 3.60. The third-order valence-corrected chi connectivity index (χ3v) is 14.3.